The van der Waals surface area contributed by atoms with E-state index in [2.05, 4.69) is 16.0 Å². The number of para-hydroxylation sites is 1. The van der Waals surface area contributed by atoms with Gasteiger partial charge in [-0.05, 0) is 42.7 Å². The van der Waals surface area contributed by atoms with E-state index in [1.54, 1.807) is 7.11 Å². The summed E-state index contributed by atoms with van der Waals surface area (Å²) >= 11 is 0. The standard InChI is InChI=1S/C21H28N4O4/c1-29-17-5-3-2-4-13(17)8-9-18(26)25-11-14-6-7-15(12-25)19(14)24-20(27)16-10-22-21(28)23-16/h2-5,14-16,19H,6-12H2,1H3,(H,24,27)(H2,22,23,28)/t14-,15+,16?,19?. The zero-order valence-electron chi connectivity index (χ0n) is 16.6. The number of rotatable bonds is 6. The van der Waals surface area contributed by atoms with E-state index in [-0.39, 0.29) is 35.7 Å². The molecule has 29 heavy (non-hydrogen) atoms. The maximum absolute atomic E-state index is 12.8. The summed E-state index contributed by atoms with van der Waals surface area (Å²) in [5, 5.41) is 8.36. The molecule has 2 saturated heterocycles. The average molecular weight is 400 g/mol. The first kappa shape index (κ1) is 19.5. The van der Waals surface area contributed by atoms with E-state index in [1.165, 1.54) is 0 Å². The van der Waals surface area contributed by atoms with Gasteiger partial charge in [0.05, 0.1) is 7.11 Å². The second-order valence-electron chi connectivity index (χ2n) is 8.15. The number of nitrogens with zero attached hydrogens (tertiary/aromatic N) is 1. The molecule has 4 atom stereocenters. The van der Waals surface area contributed by atoms with Gasteiger partial charge in [0.15, 0.2) is 0 Å². The quantitative estimate of drug-likeness (QED) is 0.653. The molecule has 3 aliphatic rings. The predicted octanol–water partition coefficient (Wildman–Crippen LogP) is 0.662. The third-order valence-corrected chi connectivity index (χ3v) is 6.38. The van der Waals surface area contributed by atoms with Crippen molar-refractivity contribution in [3.05, 3.63) is 29.8 Å². The minimum atomic E-state index is -0.512. The lowest BCUT2D eigenvalue weighted by Gasteiger charge is -2.38. The minimum Gasteiger partial charge on any atom is -0.496 e. The highest BCUT2D eigenvalue weighted by atomic mass is 16.5. The fraction of sp³-hybridized carbons (Fsp3) is 0.571. The van der Waals surface area contributed by atoms with Crippen molar-refractivity contribution >= 4 is 17.8 Å². The van der Waals surface area contributed by atoms with Crippen LogP contribution in [0.4, 0.5) is 4.79 Å². The topological polar surface area (TPSA) is 99.8 Å². The van der Waals surface area contributed by atoms with E-state index in [1.807, 2.05) is 29.2 Å². The number of benzene rings is 1. The Bertz CT molecular complexity index is 785. The number of fused-ring (bicyclic) bond motifs is 2. The molecular formula is C21H28N4O4. The second-order valence-corrected chi connectivity index (χ2v) is 8.15. The number of carbonyl (C=O) groups excluding carboxylic acids is 3. The van der Waals surface area contributed by atoms with E-state index < -0.39 is 6.04 Å². The van der Waals surface area contributed by atoms with Gasteiger partial charge in [-0.15, -0.1) is 0 Å². The van der Waals surface area contributed by atoms with Crippen LogP contribution in [0.5, 0.6) is 5.75 Å². The maximum Gasteiger partial charge on any atom is 0.315 e. The molecule has 156 valence electrons. The molecule has 1 aromatic rings. The smallest absolute Gasteiger partial charge is 0.315 e. The predicted molar refractivity (Wildman–Crippen MR) is 106 cm³/mol. The molecule has 2 heterocycles. The van der Waals surface area contributed by atoms with Crippen LogP contribution in [0.2, 0.25) is 0 Å². The summed E-state index contributed by atoms with van der Waals surface area (Å²) in [5.74, 6) is 1.39. The number of ether oxygens (including phenoxy) is 1. The largest absolute Gasteiger partial charge is 0.496 e. The van der Waals surface area contributed by atoms with Gasteiger partial charge in [0.1, 0.15) is 11.8 Å². The second kappa shape index (κ2) is 8.31. The van der Waals surface area contributed by atoms with E-state index >= 15 is 0 Å². The Morgan fingerprint density at radius 2 is 1.93 bits per heavy atom. The molecule has 4 rings (SSSR count). The van der Waals surface area contributed by atoms with Crippen LogP contribution in [0.3, 0.4) is 0 Å². The van der Waals surface area contributed by atoms with Crippen LogP contribution in [-0.2, 0) is 16.0 Å². The normalized spacial score (nSPS) is 27.9. The Balaban J connectivity index is 1.31. The first-order chi connectivity index (χ1) is 14.0. The fourth-order valence-corrected chi connectivity index (χ4v) is 4.85. The molecule has 2 bridgehead atoms. The lowest BCUT2D eigenvalue weighted by molar-refractivity contribution is -0.134. The summed E-state index contributed by atoms with van der Waals surface area (Å²) < 4.78 is 5.37. The lowest BCUT2D eigenvalue weighted by Crippen LogP contribution is -2.56. The minimum absolute atomic E-state index is 0.0817. The Morgan fingerprint density at radius 1 is 1.21 bits per heavy atom. The monoisotopic (exact) mass is 400 g/mol. The Kier molecular flexibility index (Phi) is 5.60. The van der Waals surface area contributed by atoms with Gasteiger partial charge in [-0.1, -0.05) is 18.2 Å². The van der Waals surface area contributed by atoms with Gasteiger partial charge in [-0.3, -0.25) is 9.59 Å². The van der Waals surface area contributed by atoms with Crippen LogP contribution in [0.15, 0.2) is 24.3 Å². The first-order valence-corrected chi connectivity index (χ1v) is 10.3. The van der Waals surface area contributed by atoms with Crippen LogP contribution in [0, 0.1) is 11.8 Å². The van der Waals surface area contributed by atoms with E-state index in [4.69, 9.17) is 4.74 Å². The molecule has 1 aromatic carbocycles. The molecule has 4 amide bonds. The number of likely N-dealkylation sites (tertiary alicyclic amines) is 1. The van der Waals surface area contributed by atoms with Crippen molar-refractivity contribution in [2.24, 2.45) is 11.8 Å². The molecule has 3 N–H and O–H groups in total. The SMILES string of the molecule is COc1ccccc1CCC(=O)N1C[C@H]2CC[C@@H](C1)C2NC(=O)C1CNC(=O)N1. The van der Waals surface area contributed by atoms with Crippen LogP contribution in [0.25, 0.3) is 0 Å². The number of hydrogen-bond donors (Lipinski definition) is 3. The molecule has 0 radical (unpaired) electrons. The molecule has 8 heteroatoms. The Morgan fingerprint density at radius 3 is 2.59 bits per heavy atom. The number of carbonyl (C=O) groups is 3. The van der Waals surface area contributed by atoms with Crippen molar-refractivity contribution in [2.75, 3.05) is 26.7 Å². The highest BCUT2D eigenvalue weighted by Gasteiger charge is 2.44. The highest BCUT2D eigenvalue weighted by Crippen LogP contribution is 2.37. The van der Waals surface area contributed by atoms with Crippen LogP contribution < -0.4 is 20.7 Å². The van der Waals surface area contributed by atoms with E-state index in [9.17, 15) is 14.4 Å². The zero-order valence-corrected chi connectivity index (χ0v) is 16.6. The number of piperidine rings is 1. The number of methoxy groups -OCH3 is 1. The van der Waals surface area contributed by atoms with Gasteiger partial charge in [0.2, 0.25) is 11.8 Å². The van der Waals surface area contributed by atoms with E-state index in [0.717, 1.165) is 24.2 Å². The van der Waals surface area contributed by atoms with E-state index in [0.29, 0.717) is 32.5 Å². The van der Waals surface area contributed by atoms with Crippen molar-refractivity contribution in [3.63, 3.8) is 0 Å². The number of aryl methyl sites for hydroxylation is 1. The molecule has 1 aliphatic carbocycles. The molecule has 3 fully saturated rings. The zero-order chi connectivity index (χ0) is 20.4. The molecule has 0 aromatic heterocycles. The van der Waals surface area contributed by atoms with Crippen molar-refractivity contribution in [2.45, 2.75) is 37.8 Å². The molecule has 2 aliphatic heterocycles. The van der Waals surface area contributed by atoms with Gasteiger partial charge in [0.25, 0.3) is 0 Å². The average Bonchev–Trinajstić information content (AvgIpc) is 3.25. The van der Waals surface area contributed by atoms with Gasteiger partial charge in [0, 0.05) is 32.1 Å². The Hall–Kier alpha value is -2.77. The summed E-state index contributed by atoms with van der Waals surface area (Å²) in [4.78, 5) is 38.5. The highest BCUT2D eigenvalue weighted by molar-refractivity contribution is 5.90. The van der Waals surface area contributed by atoms with Crippen molar-refractivity contribution in [3.8, 4) is 5.75 Å². The lowest BCUT2D eigenvalue weighted by atomic mass is 9.91. The van der Waals surface area contributed by atoms with Gasteiger partial charge < -0.3 is 25.6 Å². The fourth-order valence-electron chi connectivity index (χ4n) is 4.85. The van der Waals surface area contributed by atoms with Crippen molar-refractivity contribution < 1.29 is 19.1 Å². The summed E-state index contributed by atoms with van der Waals surface area (Å²) in [7, 11) is 1.64. The van der Waals surface area contributed by atoms with Crippen LogP contribution in [-0.4, -0.2) is 61.6 Å². The summed E-state index contributed by atoms with van der Waals surface area (Å²) in [6.45, 7) is 1.68. The summed E-state index contributed by atoms with van der Waals surface area (Å²) in [6.07, 6.45) is 3.14. The van der Waals surface area contributed by atoms with Gasteiger partial charge >= 0.3 is 6.03 Å². The first-order valence-electron chi connectivity index (χ1n) is 10.3. The molecule has 0 spiro atoms. The molecular weight excluding hydrogens is 372 g/mol. The number of amides is 4. The summed E-state index contributed by atoms with van der Waals surface area (Å²) in [6, 6.07) is 7.06. The Labute approximate surface area is 170 Å². The van der Waals surface area contributed by atoms with Gasteiger partial charge in [-0.25, -0.2) is 4.79 Å². The molecule has 2 unspecified atom stereocenters. The molecule has 1 saturated carbocycles. The van der Waals surface area contributed by atoms with Gasteiger partial charge in [-0.2, -0.15) is 0 Å². The van der Waals surface area contributed by atoms with Crippen LogP contribution >= 0.6 is 0 Å². The number of nitrogens with one attached hydrogen (secondary N) is 3. The van der Waals surface area contributed by atoms with Crippen molar-refractivity contribution in [1.29, 1.82) is 0 Å². The van der Waals surface area contributed by atoms with Crippen molar-refractivity contribution in [1.82, 2.24) is 20.9 Å². The number of hydrogen-bond acceptors (Lipinski definition) is 4. The van der Waals surface area contributed by atoms with Crippen LogP contribution in [0.1, 0.15) is 24.8 Å². The maximum atomic E-state index is 12.8. The third kappa shape index (κ3) is 4.16. The number of urea groups is 1. The third-order valence-electron chi connectivity index (χ3n) is 6.38. The molecule has 8 nitrogen and oxygen atoms in total. The summed E-state index contributed by atoms with van der Waals surface area (Å²) in [5.41, 5.74) is 1.04.